The van der Waals surface area contributed by atoms with E-state index in [1.54, 1.807) is 0 Å². The van der Waals surface area contributed by atoms with Gasteiger partial charge in [0.1, 0.15) is 0 Å². The maximum Gasteiger partial charge on any atom is 0.0936 e. The van der Waals surface area contributed by atoms with E-state index in [-0.39, 0.29) is 0 Å². The molecule has 3 rings (SSSR count). The van der Waals surface area contributed by atoms with Gasteiger partial charge >= 0.3 is 0 Å². The molecule has 1 saturated heterocycles. The molecule has 0 saturated carbocycles. The molecule has 2 unspecified atom stereocenters. The summed E-state index contributed by atoms with van der Waals surface area (Å²) in [5, 5.41) is 8.28. The number of hydrogen-bond donors (Lipinski definition) is 2. The molecule has 0 bridgehead atoms. The molecule has 1 fully saturated rings. The molecule has 4 heteroatoms. The van der Waals surface area contributed by atoms with Crippen LogP contribution < -0.4 is 10.6 Å². The fourth-order valence-corrected chi connectivity index (χ4v) is 2.88. The third-order valence-electron chi connectivity index (χ3n) is 3.90. The van der Waals surface area contributed by atoms with E-state index in [1.807, 2.05) is 6.92 Å². The molecule has 2 heterocycles. The Labute approximate surface area is 125 Å². The lowest BCUT2D eigenvalue weighted by atomic mass is 10.1. The summed E-state index contributed by atoms with van der Waals surface area (Å²) < 4.78 is 5.52. The molecular formula is C17H23N3O. The lowest BCUT2D eigenvalue weighted by molar-refractivity contribution is 0.0731. The SMILES string of the molecule is Cc1ccc2cccc(NC(C)CC3COCCN3)c2n1. The number of rotatable bonds is 4. The summed E-state index contributed by atoms with van der Waals surface area (Å²) >= 11 is 0. The second-order valence-electron chi connectivity index (χ2n) is 5.84. The molecular weight excluding hydrogens is 262 g/mol. The Morgan fingerprint density at radius 2 is 2.29 bits per heavy atom. The zero-order valence-electron chi connectivity index (χ0n) is 12.7. The van der Waals surface area contributed by atoms with E-state index in [0.29, 0.717) is 12.1 Å². The molecule has 0 aliphatic carbocycles. The minimum absolute atomic E-state index is 0.372. The Hall–Kier alpha value is -1.65. The molecule has 1 aliphatic heterocycles. The lowest BCUT2D eigenvalue weighted by Crippen LogP contribution is -2.43. The largest absolute Gasteiger partial charge is 0.381 e. The van der Waals surface area contributed by atoms with Crippen LogP contribution in [0.1, 0.15) is 19.0 Å². The number of nitrogens with one attached hydrogen (secondary N) is 2. The van der Waals surface area contributed by atoms with Crippen LogP contribution in [-0.4, -0.2) is 36.8 Å². The van der Waals surface area contributed by atoms with Gasteiger partial charge in [-0.2, -0.15) is 0 Å². The Kier molecular flexibility index (Phi) is 4.36. The molecule has 4 nitrogen and oxygen atoms in total. The number of para-hydroxylation sites is 1. The summed E-state index contributed by atoms with van der Waals surface area (Å²) in [5.41, 5.74) is 3.21. The van der Waals surface area contributed by atoms with Crippen LogP contribution in [0.5, 0.6) is 0 Å². The first-order chi connectivity index (χ1) is 10.2. The van der Waals surface area contributed by atoms with E-state index < -0.39 is 0 Å². The first-order valence-electron chi connectivity index (χ1n) is 7.66. The summed E-state index contributed by atoms with van der Waals surface area (Å²) in [6.45, 7) is 6.82. The van der Waals surface area contributed by atoms with Crippen molar-refractivity contribution in [3.05, 3.63) is 36.0 Å². The van der Waals surface area contributed by atoms with E-state index >= 15 is 0 Å². The summed E-state index contributed by atoms with van der Waals surface area (Å²) in [6, 6.07) is 11.3. The van der Waals surface area contributed by atoms with Gasteiger partial charge in [0.2, 0.25) is 0 Å². The molecule has 0 spiro atoms. The number of benzene rings is 1. The first kappa shape index (κ1) is 14.3. The average Bonchev–Trinajstić information content (AvgIpc) is 2.49. The van der Waals surface area contributed by atoms with Crippen LogP contribution in [0.3, 0.4) is 0 Å². The van der Waals surface area contributed by atoms with Crippen molar-refractivity contribution in [2.75, 3.05) is 25.1 Å². The van der Waals surface area contributed by atoms with Crippen LogP contribution in [-0.2, 0) is 4.74 Å². The fraction of sp³-hybridized carbons (Fsp3) is 0.471. The number of fused-ring (bicyclic) bond motifs is 1. The highest BCUT2D eigenvalue weighted by Crippen LogP contribution is 2.23. The lowest BCUT2D eigenvalue weighted by Gasteiger charge is -2.27. The standard InChI is InChI=1S/C17H23N3O/c1-12-6-7-14-4-3-5-16(17(14)20-12)19-13(2)10-15-11-21-9-8-18-15/h3-7,13,15,18-19H,8-11H2,1-2H3. The van der Waals surface area contributed by atoms with Crippen LogP contribution in [0, 0.1) is 6.92 Å². The van der Waals surface area contributed by atoms with E-state index in [1.165, 1.54) is 5.39 Å². The third-order valence-corrected chi connectivity index (χ3v) is 3.90. The summed E-state index contributed by atoms with van der Waals surface area (Å²) in [6.07, 6.45) is 1.04. The number of ether oxygens (including phenoxy) is 1. The number of hydrogen-bond acceptors (Lipinski definition) is 4. The predicted molar refractivity (Wildman–Crippen MR) is 86.8 cm³/mol. The van der Waals surface area contributed by atoms with Gasteiger partial charge < -0.3 is 15.4 Å². The molecule has 1 aliphatic rings. The minimum atomic E-state index is 0.372. The molecule has 0 amide bonds. The number of aryl methyl sites for hydroxylation is 1. The fourth-order valence-electron chi connectivity index (χ4n) is 2.88. The number of morpholine rings is 1. The summed E-state index contributed by atoms with van der Waals surface area (Å²) in [7, 11) is 0. The van der Waals surface area contributed by atoms with Crippen LogP contribution in [0.2, 0.25) is 0 Å². The first-order valence-corrected chi connectivity index (χ1v) is 7.66. The zero-order valence-corrected chi connectivity index (χ0v) is 12.7. The van der Waals surface area contributed by atoms with Crippen molar-refractivity contribution in [2.24, 2.45) is 0 Å². The predicted octanol–water partition coefficient (Wildman–Crippen LogP) is 2.72. The molecule has 2 atom stereocenters. The summed E-state index contributed by atoms with van der Waals surface area (Å²) in [4.78, 5) is 4.67. The quantitative estimate of drug-likeness (QED) is 0.906. The number of aromatic nitrogens is 1. The van der Waals surface area contributed by atoms with E-state index in [9.17, 15) is 0 Å². The van der Waals surface area contributed by atoms with Crippen LogP contribution in [0.4, 0.5) is 5.69 Å². The van der Waals surface area contributed by atoms with Gasteiger partial charge in [0.05, 0.1) is 24.4 Å². The molecule has 1 aromatic heterocycles. The second-order valence-corrected chi connectivity index (χ2v) is 5.84. The van der Waals surface area contributed by atoms with Crippen molar-refractivity contribution in [3.8, 4) is 0 Å². The van der Waals surface area contributed by atoms with Gasteiger partial charge in [-0.25, -0.2) is 0 Å². The highest BCUT2D eigenvalue weighted by atomic mass is 16.5. The monoisotopic (exact) mass is 285 g/mol. The van der Waals surface area contributed by atoms with Gasteiger partial charge in [-0.15, -0.1) is 0 Å². The maximum absolute atomic E-state index is 5.52. The van der Waals surface area contributed by atoms with Crippen molar-refractivity contribution in [2.45, 2.75) is 32.4 Å². The van der Waals surface area contributed by atoms with Gasteiger partial charge in [-0.3, -0.25) is 4.98 Å². The number of anilines is 1. The van der Waals surface area contributed by atoms with E-state index in [2.05, 4.69) is 52.9 Å². The Morgan fingerprint density at radius 3 is 3.10 bits per heavy atom. The van der Waals surface area contributed by atoms with Gasteiger partial charge in [0.25, 0.3) is 0 Å². The van der Waals surface area contributed by atoms with Gasteiger partial charge in [-0.1, -0.05) is 18.2 Å². The molecule has 112 valence electrons. The molecule has 2 N–H and O–H groups in total. The summed E-state index contributed by atoms with van der Waals surface area (Å²) in [5.74, 6) is 0. The van der Waals surface area contributed by atoms with Crippen molar-refractivity contribution in [1.82, 2.24) is 10.3 Å². The van der Waals surface area contributed by atoms with E-state index in [4.69, 9.17) is 4.74 Å². The van der Waals surface area contributed by atoms with Crippen molar-refractivity contribution in [3.63, 3.8) is 0 Å². The average molecular weight is 285 g/mol. The third kappa shape index (κ3) is 3.52. The smallest absolute Gasteiger partial charge is 0.0936 e. The minimum Gasteiger partial charge on any atom is -0.381 e. The zero-order chi connectivity index (χ0) is 14.7. The van der Waals surface area contributed by atoms with Gasteiger partial charge in [0, 0.05) is 29.7 Å². The molecule has 2 aromatic rings. The number of nitrogens with zero attached hydrogens (tertiary/aromatic N) is 1. The van der Waals surface area contributed by atoms with Crippen molar-refractivity contribution >= 4 is 16.6 Å². The van der Waals surface area contributed by atoms with Crippen molar-refractivity contribution in [1.29, 1.82) is 0 Å². The Balaban J connectivity index is 1.73. The highest BCUT2D eigenvalue weighted by molar-refractivity contribution is 5.90. The van der Waals surface area contributed by atoms with Gasteiger partial charge in [-0.05, 0) is 32.4 Å². The number of pyridine rings is 1. The van der Waals surface area contributed by atoms with Crippen molar-refractivity contribution < 1.29 is 4.74 Å². The van der Waals surface area contributed by atoms with Crippen LogP contribution in [0.15, 0.2) is 30.3 Å². The van der Waals surface area contributed by atoms with Crippen LogP contribution >= 0.6 is 0 Å². The normalized spacial score (nSPS) is 20.4. The Bertz CT molecular complexity index is 608. The Morgan fingerprint density at radius 1 is 1.38 bits per heavy atom. The van der Waals surface area contributed by atoms with Crippen LogP contribution in [0.25, 0.3) is 10.9 Å². The topological polar surface area (TPSA) is 46.2 Å². The molecule has 21 heavy (non-hydrogen) atoms. The van der Waals surface area contributed by atoms with Gasteiger partial charge in [0.15, 0.2) is 0 Å². The van der Waals surface area contributed by atoms with E-state index in [0.717, 1.165) is 43.1 Å². The molecule has 1 aromatic carbocycles. The molecule has 0 radical (unpaired) electrons. The maximum atomic E-state index is 5.52. The highest BCUT2D eigenvalue weighted by Gasteiger charge is 2.16. The second kappa shape index (κ2) is 6.41.